The van der Waals surface area contributed by atoms with Gasteiger partial charge in [0.15, 0.2) is 5.16 Å². The molecule has 0 saturated carbocycles. The van der Waals surface area contributed by atoms with Crippen LogP contribution in [0.15, 0.2) is 35.5 Å². The summed E-state index contributed by atoms with van der Waals surface area (Å²) >= 11 is 1.58. The summed E-state index contributed by atoms with van der Waals surface area (Å²) in [6.07, 6.45) is 0.246. The van der Waals surface area contributed by atoms with E-state index >= 15 is 0 Å². The van der Waals surface area contributed by atoms with E-state index in [2.05, 4.69) is 10.2 Å². The lowest BCUT2D eigenvalue weighted by molar-refractivity contribution is -0.134. The number of carboxylic acids is 1. The average molecular weight is 338 g/mol. The van der Waals surface area contributed by atoms with Gasteiger partial charge in [0.05, 0.1) is 12.6 Å². The van der Waals surface area contributed by atoms with Crippen LogP contribution in [0.2, 0.25) is 0 Å². The minimum Gasteiger partial charge on any atom is -0.481 e. The number of hydrogen-bond acceptors (Lipinski definition) is 6. The molecule has 0 spiro atoms. The van der Waals surface area contributed by atoms with Crippen LogP contribution in [-0.2, 0) is 18.4 Å². The Hall–Kier alpha value is -1.90. The van der Waals surface area contributed by atoms with Crippen molar-refractivity contribution in [3.63, 3.8) is 0 Å². The van der Waals surface area contributed by atoms with Crippen LogP contribution in [-0.4, -0.2) is 36.7 Å². The Morgan fingerprint density at radius 2 is 1.96 bits per heavy atom. The second-order valence-electron chi connectivity index (χ2n) is 4.74. The van der Waals surface area contributed by atoms with Gasteiger partial charge in [-0.2, -0.15) is 0 Å². The first-order chi connectivity index (χ1) is 11.0. The minimum absolute atomic E-state index is 0.386. The van der Waals surface area contributed by atoms with E-state index in [4.69, 9.17) is 15.6 Å². The minimum atomic E-state index is -0.833. The predicted octanol–water partition coefficient (Wildman–Crippen LogP) is 1.58. The number of carboxylic acid groups (broad SMARTS) is 1. The van der Waals surface area contributed by atoms with Crippen molar-refractivity contribution >= 4 is 17.7 Å². The van der Waals surface area contributed by atoms with Crippen molar-refractivity contribution in [3.05, 3.63) is 41.7 Å². The van der Waals surface area contributed by atoms with E-state index in [1.165, 1.54) is 0 Å². The quantitative estimate of drug-likeness (QED) is 0.685. The molecule has 0 fully saturated rings. The molecule has 2 aromatic rings. The van der Waals surface area contributed by atoms with E-state index in [1.54, 1.807) is 11.8 Å². The van der Waals surface area contributed by atoms with Crippen LogP contribution in [0, 0.1) is 0 Å². The Labute approximate surface area is 139 Å². The van der Waals surface area contributed by atoms with Crippen LogP contribution in [0.4, 0.5) is 0 Å². The largest absolute Gasteiger partial charge is 0.481 e. The van der Waals surface area contributed by atoms with E-state index in [0.29, 0.717) is 13.0 Å². The molecular formula is C15H22N4O3S. The van der Waals surface area contributed by atoms with Gasteiger partial charge in [0.1, 0.15) is 5.82 Å². The van der Waals surface area contributed by atoms with Crippen LogP contribution >= 0.6 is 11.8 Å². The third-order valence-electron chi connectivity index (χ3n) is 2.91. The molecule has 8 heteroatoms. The predicted molar refractivity (Wildman–Crippen MR) is 88.9 cm³/mol. The number of thioether (sulfide) groups is 1. The van der Waals surface area contributed by atoms with Gasteiger partial charge in [-0.1, -0.05) is 42.1 Å². The fourth-order valence-electron chi connectivity index (χ4n) is 1.75. The number of aliphatic carboxylic acids is 1. The third-order valence-corrected chi connectivity index (χ3v) is 3.97. The summed E-state index contributed by atoms with van der Waals surface area (Å²) in [5.74, 6) is 0.721. The summed E-state index contributed by atoms with van der Waals surface area (Å²) in [6.45, 7) is 1.47. The standard InChI is InChI=1S/C13H18N4OS.C2H4O2/c1-17-12(9-14)15-16-13(17)19-8-7-11(18)10-5-3-2-4-6-10;1-2(3)4/h2-6,11,18H,7-9,14H2,1H3;1H3,(H,3,4)/t11-;/m1./s1. The molecule has 1 atom stereocenters. The summed E-state index contributed by atoms with van der Waals surface area (Å²) in [7, 11) is 1.90. The lowest BCUT2D eigenvalue weighted by atomic mass is 10.1. The number of aliphatic hydroxyl groups excluding tert-OH is 1. The fraction of sp³-hybridized carbons (Fsp3) is 0.400. The van der Waals surface area contributed by atoms with Crippen LogP contribution < -0.4 is 5.73 Å². The van der Waals surface area contributed by atoms with Gasteiger partial charge in [-0.05, 0) is 12.0 Å². The van der Waals surface area contributed by atoms with E-state index in [-0.39, 0.29) is 0 Å². The first-order valence-corrected chi connectivity index (χ1v) is 8.08. The zero-order valence-electron chi connectivity index (χ0n) is 13.2. The SMILES string of the molecule is CC(=O)O.Cn1c(CN)nnc1SCC[C@@H](O)c1ccccc1. The highest BCUT2D eigenvalue weighted by Gasteiger charge is 2.10. The molecule has 0 aliphatic carbocycles. The molecule has 0 radical (unpaired) electrons. The Morgan fingerprint density at radius 3 is 2.48 bits per heavy atom. The molecule has 0 aliphatic heterocycles. The van der Waals surface area contributed by atoms with Gasteiger partial charge in [-0.15, -0.1) is 10.2 Å². The fourth-order valence-corrected chi connectivity index (χ4v) is 2.67. The number of hydrogen-bond donors (Lipinski definition) is 3. The Balaban J connectivity index is 0.000000593. The first kappa shape index (κ1) is 19.1. The number of nitrogens with zero attached hydrogens (tertiary/aromatic N) is 3. The highest BCUT2D eigenvalue weighted by Crippen LogP contribution is 2.22. The van der Waals surface area contributed by atoms with Gasteiger partial charge in [-0.25, -0.2) is 0 Å². The number of aliphatic hydroxyl groups is 1. The van der Waals surface area contributed by atoms with Gasteiger partial charge in [0.25, 0.3) is 5.97 Å². The van der Waals surface area contributed by atoms with E-state index < -0.39 is 12.1 Å². The van der Waals surface area contributed by atoms with Crippen LogP contribution in [0.3, 0.4) is 0 Å². The molecule has 1 aromatic heterocycles. The maximum Gasteiger partial charge on any atom is 0.300 e. The van der Waals surface area contributed by atoms with Crippen molar-refractivity contribution in [3.8, 4) is 0 Å². The molecule has 7 nitrogen and oxygen atoms in total. The Bertz CT molecular complexity index is 600. The number of carbonyl (C=O) groups is 1. The van der Waals surface area contributed by atoms with Crippen molar-refractivity contribution < 1.29 is 15.0 Å². The zero-order valence-corrected chi connectivity index (χ0v) is 14.0. The topological polar surface area (TPSA) is 114 Å². The molecule has 4 N–H and O–H groups in total. The van der Waals surface area contributed by atoms with Crippen molar-refractivity contribution in [1.29, 1.82) is 0 Å². The van der Waals surface area contributed by atoms with E-state index in [0.717, 1.165) is 29.2 Å². The molecule has 1 aromatic carbocycles. The average Bonchev–Trinajstić information content (AvgIpc) is 2.88. The number of nitrogens with two attached hydrogens (primary N) is 1. The Kier molecular flexibility index (Phi) is 8.31. The maximum atomic E-state index is 10.0. The van der Waals surface area contributed by atoms with Crippen molar-refractivity contribution in [2.24, 2.45) is 12.8 Å². The van der Waals surface area contributed by atoms with Crippen LogP contribution in [0.1, 0.15) is 30.8 Å². The first-order valence-electron chi connectivity index (χ1n) is 7.09. The maximum absolute atomic E-state index is 10.0. The van der Waals surface area contributed by atoms with Crippen molar-refractivity contribution in [2.75, 3.05) is 5.75 Å². The zero-order chi connectivity index (χ0) is 17.2. The number of benzene rings is 1. The third kappa shape index (κ3) is 6.81. The smallest absolute Gasteiger partial charge is 0.300 e. The second kappa shape index (κ2) is 9.98. The Morgan fingerprint density at radius 1 is 1.35 bits per heavy atom. The number of rotatable bonds is 6. The molecule has 0 unspecified atom stereocenters. The monoisotopic (exact) mass is 338 g/mol. The molecular weight excluding hydrogens is 316 g/mol. The van der Waals surface area contributed by atoms with Gasteiger partial charge < -0.3 is 20.5 Å². The van der Waals surface area contributed by atoms with E-state index in [1.807, 2.05) is 41.9 Å². The lowest BCUT2D eigenvalue weighted by Gasteiger charge is -2.10. The summed E-state index contributed by atoms with van der Waals surface area (Å²) in [6, 6.07) is 9.68. The molecule has 0 saturated heterocycles. The molecule has 126 valence electrons. The van der Waals surface area contributed by atoms with Crippen LogP contribution in [0.5, 0.6) is 0 Å². The highest BCUT2D eigenvalue weighted by atomic mass is 32.2. The summed E-state index contributed by atoms with van der Waals surface area (Å²) < 4.78 is 1.89. The van der Waals surface area contributed by atoms with Gasteiger partial charge in [0, 0.05) is 19.7 Å². The van der Waals surface area contributed by atoms with Gasteiger partial charge in [-0.3, -0.25) is 4.79 Å². The molecule has 2 rings (SSSR count). The van der Waals surface area contributed by atoms with Gasteiger partial charge >= 0.3 is 0 Å². The molecule has 23 heavy (non-hydrogen) atoms. The normalized spacial score (nSPS) is 11.5. The highest BCUT2D eigenvalue weighted by molar-refractivity contribution is 7.99. The molecule has 1 heterocycles. The summed E-state index contributed by atoms with van der Waals surface area (Å²) in [5, 5.41) is 26.4. The molecule has 0 aliphatic rings. The number of aromatic nitrogens is 3. The second-order valence-corrected chi connectivity index (χ2v) is 5.81. The van der Waals surface area contributed by atoms with E-state index in [9.17, 15) is 5.11 Å². The van der Waals surface area contributed by atoms with Gasteiger partial charge in [0.2, 0.25) is 0 Å². The molecule has 0 amide bonds. The molecule has 0 bridgehead atoms. The lowest BCUT2D eigenvalue weighted by Crippen LogP contribution is -2.05. The summed E-state index contributed by atoms with van der Waals surface area (Å²) in [5.41, 5.74) is 6.49. The summed E-state index contributed by atoms with van der Waals surface area (Å²) in [4.78, 5) is 9.00. The van der Waals surface area contributed by atoms with Crippen molar-refractivity contribution in [1.82, 2.24) is 14.8 Å². The van der Waals surface area contributed by atoms with Crippen LogP contribution in [0.25, 0.3) is 0 Å². The van der Waals surface area contributed by atoms with Crippen molar-refractivity contribution in [2.45, 2.75) is 31.1 Å².